The zero-order valence-electron chi connectivity index (χ0n) is 20.0. The molecule has 0 fully saturated rings. The summed E-state index contributed by atoms with van der Waals surface area (Å²) in [6.07, 6.45) is 6.11. The summed E-state index contributed by atoms with van der Waals surface area (Å²) in [5, 5.41) is 10.8. The van der Waals surface area contributed by atoms with E-state index in [1.165, 1.54) is 12.7 Å². The minimum absolute atomic E-state index is 0.223. The van der Waals surface area contributed by atoms with E-state index in [2.05, 4.69) is 32.6 Å². The third kappa shape index (κ3) is 5.60. The molecule has 9 heteroatoms. The second-order valence-corrected chi connectivity index (χ2v) is 8.64. The van der Waals surface area contributed by atoms with Crippen molar-refractivity contribution in [2.75, 3.05) is 17.7 Å². The van der Waals surface area contributed by atoms with Crippen molar-refractivity contribution < 1.29 is 9.53 Å². The molecular formula is C26H27ClN6O2. The second-order valence-electron chi connectivity index (χ2n) is 8.24. The molecule has 2 N–H and O–H groups in total. The van der Waals surface area contributed by atoms with Crippen molar-refractivity contribution in [1.29, 1.82) is 0 Å². The van der Waals surface area contributed by atoms with Crippen molar-refractivity contribution in [3.05, 3.63) is 77.2 Å². The lowest BCUT2D eigenvalue weighted by molar-refractivity contribution is 0.102. The van der Waals surface area contributed by atoms with Crippen LogP contribution in [-0.4, -0.2) is 32.8 Å². The van der Waals surface area contributed by atoms with Gasteiger partial charge in [0.05, 0.1) is 35.8 Å². The zero-order chi connectivity index (χ0) is 24.9. The maximum absolute atomic E-state index is 12.8. The Balaban J connectivity index is 1.53. The normalized spacial score (nSPS) is 10.9. The number of nitrogens with zero attached hydrogens (tertiary/aromatic N) is 4. The summed E-state index contributed by atoms with van der Waals surface area (Å²) in [5.41, 5.74) is 4.38. The molecule has 0 spiro atoms. The minimum Gasteiger partial charge on any atom is -0.496 e. The smallest absolute Gasteiger partial charge is 0.259 e. The van der Waals surface area contributed by atoms with Crippen LogP contribution < -0.4 is 15.4 Å². The lowest BCUT2D eigenvalue weighted by Crippen LogP contribution is -2.13. The van der Waals surface area contributed by atoms with Crippen molar-refractivity contribution >= 4 is 34.8 Å². The number of benzene rings is 2. The highest BCUT2D eigenvalue weighted by molar-refractivity contribution is 6.32. The molecule has 0 aliphatic carbocycles. The predicted molar refractivity (Wildman–Crippen MR) is 139 cm³/mol. The van der Waals surface area contributed by atoms with E-state index in [0.29, 0.717) is 33.7 Å². The van der Waals surface area contributed by atoms with E-state index in [1.54, 1.807) is 30.6 Å². The Morgan fingerprint density at radius 2 is 1.86 bits per heavy atom. The number of hydrogen-bond donors (Lipinski definition) is 2. The molecule has 0 saturated carbocycles. The first-order valence-corrected chi connectivity index (χ1v) is 11.7. The fourth-order valence-electron chi connectivity index (χ4n) is 3.48. The SMILES string of the molecule is CCc1ccc(NC(=O)c2ccc(Nc3ncc(Cl)c(-c4cnn(C(C)C)c4)n3)cc2OC)cc1. The molecule has 0 radical (unpaired) electrons. The van der Waals surface area contributed by atoms with Gasteiger partial charge in [-0.15, -0.1) is 0 Å². The van der Waals surface area contributed by atoms with E-state index in [-0.39, 0.29) is 11.9 Å². The van der Waals surface area contributed by atoms with Crippen molar-refractivity contribution in [3.63, 3.8) is 0 Å². The molecule has 0 bridgehead atoms. The van der Waals surface area contributed by atoms with Crippen LogP contribution in [0.5, 0.6) is 5.75 Å². The largest absolute Gasteiger partial charge is 0.496 e. The molecule has 4 rings (SSSR count). The van der Waals surface area contributed by atoms with Gasteiger partial charge in [-0.3, -0.25) is 9.48 Å². The first-order chi connectivity index (χ1) is 16.9. The monoisotopic (exact) mass is 490 g/mol. The Hall–Kier alpha value is -3.91. The van der Waals surface area contributed by atoms with Gasteiger partial charge in [-0.1, -0.05) is 30.7 Å². The van der Waals surface area contributed by atoms with Gasteiger partial charge in [0.15, 0.2) is 0 Å². The van der Waals surface area contributed by atoms with Crippen LogP contribution in [0.4, 0.5) is 17.3 Å². The quantitative estimate of drug-likeness (QED) is 0.308. The van der Waals surface area contributed by atoms with Gasteiger partial charge < -0.3 is 15.4 Å². The maximum atomic E-state index is 12.8. The van der Waals surface area contributed by atoms with Crippen molar-refractivity contribution in [2.24, 2.45) is 0 Å². The molecule has 0 aliphatic heterocycles. The molecular weight excluding hydrogens is 464 g/mol. The average molecular weight is 491 g/mol. The third-order valence-electron chi connectivity index (χ3n) is 5.47. The topological polar surface area (TPSA) is 94.0 Å². The zero-order valence-corrected chi connectivity index (χ0v) is 20.8. The first kappa shape index (κ1) is 24.2. The predicted octanol–water partition coefficient (Wildman–Crippen LogP) is 6.14. The number of ether oxygens (including phenoxy) is 1. The molecule has 0 saturated heterocycles. The Kier molecular flexibility index (Phi) is 7.31. The van der Waals surface area contributed by atoms with Gasteiger partial charge in [0, 0.05) is 35.2 Å². The number of anilines is 3. The van der Waals surface area contributed by atoms with Crippen molar-refractivity contribution in [3.8, 4) is 17.0 Å². The molecule has 2 aromatic carbocycles. The highest BCUT2D eigenvalue weighted by atomic mass is 35.5. The van der Waals surface area contributed by atoms with E-state index in [4.69, 9.17) is 16.3 Å². The molecule has 0 atom stereocenters. The number of aromatic nitrogens is 4. The Labute approximate surface area is 209 Å². The minimum atomic E-state index is -0.259. The molecule has 35 heavy (non-hydrogen) atoms. The summed E-state index contributed by atoms with van der Waals surface area (Å²) in [4.78, 5) is 21.7. The summed E-state index contributed by atoms with van der Waals surface area (Å²) in [6.45, 7) is 6.18. The first-order valence-electron chi connectivity index (χ1n) is 11.3. The van der Waals surface area contributed by atoms with Gasteiger partial charge >= 0.3 is 0 Å². The van der Waals surface area contributed by atoms with Crippen molar-refractivity contribution in [1.82, 2.24) is 19.7 Å². The summed E-state index contributed by atoms with van der Waals surface area (Å²) in [5.74, 6) is 0.520. The average Bonchev–Trinajstić information content (AvgIpc) is 3.36. The molecule has 4 aromatic rings. The number of carbonyl (C=O) groups is 1. The lowest BCUT2D eigenvalue weighted by atomic mass is 10.1. The summed E-state index contributed by atoms with van der Waals surface area (Å²) >= 11 is 6.35. The summed E-state index contributed by atoms with van der Waals surface area (Å²) in [7, 11) is 1.52. The molecule has 2 heterocycles. The van der Waals surface area contributed by atoms with Gasteiger partial charge in [-0.25, -0.2) is 9.97 Å². The van der Waals surface area contributed by atoms with Gasteiger partial charge in [0.2, 0.25) is 5.95 Å². The molecule has 180 valence electrons. The van der Waals surface area contributed by atoms with E-state index >= 15 is 0 Å². The number of halogens is 1. The van der Waals surface area contributed by atoms with E-state index < -0.39 is 0 Å². The van der Waals surface area contributed by atoms with Crippen LogP contribution in [0.3, 0.4) is 0 Å². The number of amides is 1. The number of methoxy groups -OCH3 is 1. The van der Waals surface area contributed by atoms with E-state index in [1.807, 2.05) is 49.0 Å². The van der Waals surface area contributed by atoms with Crippen LogP contribution in [0.1, 0.15) is 42.7 Å². The van der Waals surface area contributed by atoms with Crippen LogP contribution in [0.15, 0.2) is 61.1 Å². The van der Waals surface area contributed by atoms with Crippen molar-refractivity contribution in [2.45, 2.75) is 33.2 Å². The van der Waals surface area contributed by atoms with E-state index in [9.17, 15) is 4.79 Å². The summed E-state index contributed by atoms with van der Waals surface area (Å²) in [6, 6.07) is 13.2. The number of rotatable bonds is 8. The Morgan fingerprint density at radius 3 is 2.51 bits per heavy atom. The fourth-order valence-corrected chi connectivity index (χ4v) is 3.68. The maximum Gasteiger partial charge on any atom is 0.259 e. The van der Waals surface area contributed by atoms with Crippen LogP contribution in [0.25, 0.3) is 11.3 Å². The molecule has 2 aromatic heterocycles. The number of hydrogen-bond acceptors (Lipinski definition) is 6. The van der Waals surface area contributed by atoms with E-state index in [0.717, 1.165) is 17.7 Å². The Morgan fingerprint density at radius 1 is 1.11 bits per heavy atom. The third-order valence-corrected chi connectivity index (χ3v) is 5.75. The number of aryl methyl sites for hydroxylation is 1. The Bertz CT molecular complexity index is 1330. The summed E-state index contributed by atoms with van der Waals surface area (Å²) < 4.78 is 7.32. The lowest BCUT2D eigenvalue weighted by Gasteiger charge is -2.13. The molecule has 1 amide bonds. The number of carbonyl (C=O) groups excluding carboxylic acids is 1. The van der Waals surface area contributed by atoms with Gasteiger partial charge in [0.25, 0.3) is 5.91 Å². The highest BCUT2D eigenvalue weighted by Crippen LogP contribution is 2.29. The van der Waals surface area contributed by atoms with Gasteiger partial charge in [0.1, 0.15) is 5.75 Å². The van der Waals surface area contributed by atoms with Crippen LogP contribution in [0, 0.1) is 0 Å². The van der Waals surface area contributed by atoms with Crippen LogP contribution in [0.2, 0.25) is 5.02 Å². The fraction of sp³-hybridized carbons (Fsp3) is 0.231. The second kappa shape index (κ2) is 10.6. The standard InChI is InChI=1S/C26H27ClN6O2/c1-5-17-6-8-19(9-7-17)30-25(34)21-11-10-20(12-23(21)35-4)31-26-28-14-22(27)24(32-26)18-13-29-33(15-18)16(2)3/h6-16H,5H2,1-4H3,(H,30,34)(H,28,31,32). The van der Waals surface area contributed by atoms with Gasteiger partial charge in [-0.05, 0) is 50.1 Å². The highest BCUT2D eigenvalue weighted by Gasteiger charge is 2.15. The molecule has 0 unspecified atom stereocenters. The van der Waals surface area contributed by atoms with Gasteiger partial charge in [-0.2, -0.15) is 5.10 Å². The van der Waals surface area contributed by atoms with Crippen LogP contribution >= 0.6 is 11.6 Å². The number of nitrogens with one attached hydrogen (secondary N) is 2. The molecule has 0 aliphatic rings. The molecule has 8 nitrogen and oxygen atoms in total. The van der Waals surface area contributed by atoms with Crippen LogP contribution in [-0.2, 0) is 6.42 Å².